The third kappa shape index (κ3) is 2.01. The van der Waals surface area contributed by atoms with Crippen molar-refractivity contribution < 1.29 is 9.18 Å². The van der Waals surface area contributed by atoms with E-state index in [0.717, 1.165) is 5.56 Å². The number of nitrogen functional groups attached to an aromatic ring is 1. The molecule has 0 radical (unpaired) electrons. The number of aromatic nitrogens is 2. The second kappa shape index (κ2) is 4.31. The highest BCUT2D eigenvalue weighted by Crippen LogP contribution is 2.29. The average Bonchev–Trinajstić information content (AvgIpc) is 2.81. The van der Waals surface area contributed by atoms with Crippen molar-refractivity contribution in [2.45, 2.75) is 6.42 Å². The van der Waals surface area contributed by atoms with E-state index >= 15 is 0 Å². The third-order valence-corrected chi connectivity index (χ3v) is 3.09. The number of rotatable bonds is 1. The summed E-state index contributed by atoms with van der Waals surface area (Å²) in [7, 11) is 0. The van der Waals surface area contributed by atoms with Crippen LogP contribution in [0.25, 0.3) is 0 Å². The number of anilines is 2. The van der Waals surface area contributed by atoms with E-state index in [2.05, 4.69) is 10.2 Å². The molecular formula is C13H11FN4O. The molecule has 6 heteroatoms. The maximum absolute atomic E-state index is 13.3. The summed E-state index contributed by atoms with van der Waals surface area (Å²) in [5.74, 6) is -0.400. The number of nitrogens with zero attached hydrogens (tertiary/aromatic N) is 3. The Balaban J connectivity index is 1.95. The summed E-state index contributed by atoms with van der Waals surface area (Å²) in [6, 6.07) is 7.50. The van der Waals surface area contributed by atoms with Crippen LogP contribution in [0.4, 0.5) is 15.9 Å². The van der Waals surface area contributed by atoms with E-state index < -0.39 is 0 Å². The molecule has 0 bridgehead atoms. The molecule has 2 N–H and O–H groups in total. The van der Waals surface area contributed by atoms with Crippen LogP contribution in [0.2, 0.25) is 0 Å². The number of fused-ring (bicyclic) bond motifs is 1. The number of nitrogens with two attached hydrogens (primary N) is 1. The van der Waals surface area contributed by atoms with E-state index in [1.54, 1.807) is 6.07 Å². The first kappa shape index (κ1) is 11.6. The third-order valence-electron chi connectivity index (χ3n) is 3.09. The summed E-state index contributed by atoms with van der Waals surface area (Å²) >= 11 is 0. The Kier molecular flexibility index (Phi) is 2.63. The van der Waals surface area contributed by atoms with Gasteiger partial charge >= 0.3 is 0 Å². The minimum atomic E-state index is -0.359. The highest BCUT2D eigenvalue weighted by Gasteiger charge is 2.26. The molecule has 0 fully saturated rings. The first-order valence-corrected chi connectivity index (χ1v) is 5.84. The summed E-state index contributed by atoms with van der Waals surface area (Å²) in [6.07, 6.45) is 0.712. The van der Waals surface area contributed by atoms with Crippen LogP contribution in [-0.2, 0) is 6.42 Å². The Morgan fingerprint density at radius 3 is 2.84 bits per heavy atom. The maximum atomic E-state index is 13.3. The zero-order chi connectivity index (χ0) is 13.4. The lowest BCUT2D eigenvalue weighted by Gasteiger charge is -2.16. The first-order chi connectivity index (χ1) is 9.15. The van der Waals surface area contributed by atoms with Crippen LogP contribution in [-0.4, -0.2) is 22.6 Å². The molecule has 0 unspecified atom stereocenters. The van der Waals surface area contributed by atoms with Gasteiger partial charge in [0.05, 0.1) is 5.69 Å². The number of amides is 1. The van der Waals surface area contributed by atoms with E-state index in [1.165, 1.54) is 29.2 Å². The van der Waals surface area contributed by atoms with Crippen LogP contribution in [0.1, 0.15) is 16.1 Å². The van der Waals surface area contributed by atoms with Crippen molar-refractivity contribution in [3.63, 3.8) is 0 Å². The van der Waals surface area contributed by atoms with Crippen molar-refractivity contribution in [3.05, 3.63) is 47.4 Å². The molecule has 5 nitrogen and oxygen atoms in total. The fraction of sp³-hybridized carbons (Fsp3) is 0.154. The Bertz CT molecular complexity index is 642. The van der Waals surface area contributed by atoms with Gasteiger partial charge in [0.1, 0.15) is 11.6 Å². The highest BCUT2D eigenvalue weighted by molar-refractivity contribution is 6.06. The second-order valence-electron chi connectivity index (χ2n) is 4.32. The summed E-state index contributed by atoms with van der Waals surface area (Å²) in [6.45, 7) is 0.518. The Morgan fingerprint density at radius 1 is 1.26 bits per heavy atom. The standard InChI is InChI=1S/C13H11FN4O/c14-9-2-1-8-5-6-18(11(8)7-9)13(19)10-3-4-12(15)17-16-10/h1-4,7H,5-6H2,(H2,15,17). The van der Waals surface area contributed by atoms with E-state index in [1.807, 2.05) is 0 Å². The molecule has 0 saturated carbocycles. The van der Waals surface area contributed by atoms with Gasteiger partial charge in [-0.2, -0.15) is 0 Å². The van der Waals surface area contributed by atoms with Crippen molar-refractivity contribution in [1.82, 2.24) is 10.2 Å². The van der Waals surface area contributed by atoms with Crippen molar-refractivity contribution in [2.75, 3.05) is 17.2 Å². The molecule has 1 aromatic heterocycles. The quantitative estimate of drug-likeness (QED) is 0.839. The zero-order valence-electron chi connectivity index (χ0n) is 10.0. The molecule has 19 heavy (non-hydrogen) atoms. The summed E-state index contributed by atoms with van der Waals surface area (Å²) in [4.78, 5) is 13.8. The highest BCUT2D eigenvalue weighted by atomic mass is 19.1. The molecular weight excluding hydrogens is 247 g/mol. The molecule has 0 atom stereocenters. The number of halogens is 1. The minimum absolute atomic E-state index is 0.200. The number of hydrogen-bond acceptors (Lipinski definition) is 4. The van der Waals surface area contributed by atoms with Crippen LogP contribution in [0.5, 0.6) is 0 Å². The van der Waals surface area contributed by atoms with Gasteiger partial charge in [-0.3, -0.25) is 4.79 Å². The average molecular weight is 258 g/mol. The van der Waals surface area contributed by atoms with E-state index in [0.29, 0.717) is 18.7 Å². The number of carbonyl (C=O) groups is 1. The summed E-state index contributed by atoms with van der Waals surface area (Å²) < 4.78 is 13.3. The molecule has 3 rings (SSSR count). The van der Waals surface area contributed by atoms with Crippen LogP contribution in [0, 0.1) is 5.82 Å². The SMILES string of the molecule is Nc1ccc(C(=O)N2CCc3ccc(F)cc32)nn1. The van der Waals surface area contributed by atoms with Crippen molar-refractivity contribution >= 4 is 17.4 Å². The molecule has 1 aromatic carbocycles. The van der Waals surface area contributed by atoms with Crippen molar-refractivity contribution in [3.8, 4) is 0 Å². The topological polar surface area (TPSA) is 72.1 Å². The van der Waals surface area contributed by atoms with Crippen LogP contribution < -0.4 is 10.6 Å². The summed E-state index contributed by atoms with van der Waals surface area (Å²) in [5, 5.41) is 7.41. The fourth-order valence-corrected chi connectivity index (χ4v) is 2.16. The molecule has 2 aromatic rings. The van der Waals surface area contributed by atoms with Gasteiger partial charge in [0.15, 0.2) is 5.69 Å². The lowest BCUT2D eigenvalue weighted by atomic mass is 10.1. The van der Waals surface area contributed by atoms with Gasteiger partial charge in [0, 0.05) is 6.54 Å². The first-order valence-electron chi connectivity index (χ1n) is 5.84. The number of hydrogen-bond donors (Lipinski definition) is 1. The van der Waals surface area contributed by atoms with Crippen LogP contribution >= 0.6 is 0 Å². The van der Waals surface area contributed by atoms with E-state index in [-0.39, 0.29) is 23.2 Å². The lowest BCUT2D eigenvalue weighted by Crippen LogP contribution is -2.29. The fourth-order valence-electron chi connectivity index (χ4n) is 2.16. The van der Waals surface area contributed by atoms with Gasteiger partial charge in [-0.05, 0) is 36.2 Å². The number of carbonyl (C=O) groups excluding carboxylic acids is 1. The Morgan fingerprint density at radius 2 is 2.11 bits per heavy atom. The van der Waals surface area contributed by atoms with Crippen molar-refractivity contribution in [1.29, 1.82) is 0 Å². The van der Waals surface area contributed by atoms with Gasteiger partial charge in [-0.15, -0.1) is 10.2 Å². The van der Waals surface area contributed by atoms with Crippen molar-refractivity contribution in [2.24, 2.45) is 0 Å². The van der Waals surface area contributed by atoms with Gasteiger partial charge in [-0.25, -0.2) is 4.39 Å². The Labute approximate surface area is 108 Å². The van der Waals surface area contributed by atoms with Gasteiger partial charge in [0.25, 0.3) is 5.91 Å². The molecule has 1 aliphatic heterocycles. The number of benzene rings is 1. The predicted molar refractivity (Wildman–Crippen MR) is 68.2 cm³/mol. The largest absolute Gasteiger partial charge is 0.382 e. The molecule has 0 aliphatic carbocycles. The molecule has 96 valence electrons. The minimum Gasteiger partial charge on any atom is -0.382 e. The van der Waals surface area contributed by atoms with E-state index in [9.17, 15) is 9.18 Å². The van der Waals surface area contributed by atoms with Crippen LogP contribution in [0.3, 0.4) is 0 Å². The summed E-state index contributed by atoms with van der Waals surface area (Å²) in [5.41, 5.74) is 7.19. The van der Waals surface area contributed by atoms with Gasteiger partial charge < -0.3 is 10.6 Å². The van der Waals surface area contributed by atoms with Gasteiger partial charge in [0.2, 0.25) is 0 Å². The molecule has 1 aliphatic rings. The zero-order valence-corrected chi connectivity index (χ0v) is 10.0. The normalized spacial score (nSPS) is 13.4. The second-order valence-corrected chi connectivity index (χ2v) is 4.32. The molecule has 1 amide bonds. The molecule has 0 saturated heterocycles. The van der Waals surface area contributed by atoms with Gasteiger partial charge in [-0.1, -0.05) is 6.07 Å². The van der Waals surface area contributed by atoms with Crippen LogP contribution in [0.15, 0.2) is 30.3 Å². The molecule has 0 spiro atoms. The monoisotopic (exact) mass is 258 g/mol. The van der Waals surface area contributed by atoms with E-state index in [4.69, 9.17) is 5.73 Å². The Hall–Kier alpha value is -2.50. The smallest absolute Gasteiger partial charge is 0.278 e. The molecule has 2 heterocycles. The lowest BCUT2D eigenvalue weighted by molar-refractivity contribution is 0.0983. The predicted octanol–water partition coefficient (Wildman–Crippen LogP) is 1.40. The maximum Gasteiger partial charge on any atom is 0.278 e.